The second kappa shape index (κ2) is 11.0. The molecule has 200 valence electrons. The molecule has 0 radical (unpaired) electrons. The molecule has 1 unspecified atom stereocenters. The van der Waals surface area contributed by atoms with Gasteiger partial charge in [0.1, 0.15) is 6.04 Å². The van der Waals surface area contributed by atoms with Gasteiger partial charge in [0, 0.05) is 37.3 Å². The summed E-state index contributed by atoms with van der Waals surface area (Å²) < 4.78 is 32.3. The fourth-order valence-corrected chi connectivity index (χ4v) is 5.11. The number of non-ortho nitro benzene ring substituents is 1. The third-order valence-electron chi connectivity index (χ3n) is 5.93. The van der Waals surface area contributed by atoms with Crippen LogP contribution in [0.4, 0.5) is 11.4 Å². The quantitative estimate of drug-likeness (QED) is 0.154. The van der Waals surface area contributed by atoms with Gasteiger partial charge in [-0.25, -0.2) is 13.1 Å². The lowest BCUT2D eigenvalue weighted by Crippen LogP contribution is -2.54. The number of anilines is 1. The largest absolute Gasteiger partial charge is 0.382 e. The number of imide groups is 2. The van der Waals surface area contributed by atoms with Crippen LogP contribution in [0.2, 0.25) is 0 Å². The molecule has 0 bridgehead atoms. The highest BCUT2D eigenvalue weighted by atomic mass is 32.2. The van der Waals surface area contributed by atoms with E-state index in [9.17, 15) is 37.7 Å². The van der Waals surface area contributed by atoms with Gasteiger partial charge in [-0.3, -0.25) is 39.5 Å². The summed E-state index contributed by atoms with van der Waals surface area (Å²) in [5.74, 6) is -2.39. The standard InChI is InChI=1S/C23H23N5O9S/c29-19-9-8-18(21(30)26-19)27-22(31)16-2-1-3-17(20(16)23(27)32)24-10-12-37-13-11-25-38(35,36)15-6-4-14(5-7-15)28(33)34/h1-7,18,24-25H,8-13H2,(H,26,29,30). The number of fused-ring (bicyclic) bond motifs is 1. The number of amides is 4. The first-order valence-corrected chi connectivity index (χ1v) is 13.0. The van der Waals surface area contributed by atoms with E-state index in [1.165, 1.54) is 6.07 Å². The number of ether oxygens (including phenoxy) is 1. The number of carbonyl (C=O) groups excluding carboxylic acids is 4. The van der Waals surface area contributed by atoms with Gasteiger partial charge < -0.3 is 10.1 Å². The van der Waals surface area contributed by atoms with E-state index in [0.29, 0.717) is 5.69 Å². The summed E-state index contributed by atoms with van der Waals surface area (Å²) in [5, 5.41) is 15.9. The Hall–Kier alpha value is -4.21. The van der Waals surface area contributed by atoms with Crippen molar-refractivity contribution in [3.63, 3.8) is 0 Å². The number of nitrogens with one attached hydrogen (secondary N) is 3. The molecule has 2 aliphatic rings. The molecule has 1 atom stereocenters. The summed E-state index contributed by atoms with van der Waals surface area (Å²) in [6, 6.07) is 8.09. The topological polar surface area (TPSA) is 194 Å². The number of nitro groups is 1. The van der Waals surface area contributed by atoms with Crippen LogP contribution < -0.4 is 15.4 Å². The molecule has 2 aliphatic heterocycles. The summed E-state index contributed by atoms with van der Waals surface area (Å²) in [4.78, 5) is 60.4. The van der Waals surface area contributed by atoms with E-state index in [1.54, 1.807) is 12.1 Å². The number of sulfonamides is 1. The highest BCUT2D eigenvalue weighted by Crippen LogP contribution is 2.32. The third-order valence-corrected chi connectivity index (χ3v) is 7.40. The van der Waals surface area contributed by atoms with Crippen molar-refractivity contribution in [2.24, 2.45) is 0 Å². The predicted octanol–water partition coefficient (Wildman–Crippen LogP) is 0.403. The molecule has 38 heavy (non-hydrogen) atoms. The number of nitro benzene ring substituents is 1. The molecule has 1 saturated heterocycles. The van der Waals surface area contributed by atoms with Gasteiger partial charge in [-0.1, -0.05) is 6.07 Å². The van der Waals surface area contributed by atoms with Crippen molar-refractivity contribution in [1.82, 2.24) is 14.9 Å². The Morgan fingerprint density at radius 3 is 2.42 bits per heavy atom. The Morgan fingerprint density at radius 2 is 1.74 bits per heavy atom. The summed E-state index contributed by atoms with van der Waals surface area (Å²) in [6.07, 6.45) is 0.0803. The minimum Gasteiger partial charge on any atom is -0.382 e. The van der Waals surface area contributed by atoms with E-state index < -0.39 is 44.6 Å². The Morgan fingerprint density at radius 1 is 1.03 bits per heavy atom. The van der Waals surface area contributed by atoms with Crippen LogP contribution in [-0.2, 0) is 24.3 Å². The Balaban J connectivity index is 1.26. The number of carbonyl (C=O) groups is 4. The van der Waals surface area contributed by atoms with Gasteiger partial charge in [0.2, 0.25) is 21.8 Å². The fourth-order valence-electron chi connectivity index (χ4n) is 4.10. The molecule has 1 fully saturated rings. The summed E-state index contributed by atoms with van der Waals surface area (Å²) in [6.45, 7) is 0.350. The molecule has 2 aromatic rings. The summed E-state index contributed by atoms with van der Waals surface area (Å²) in [7, 11) is -3.87. The molecule has 0 aliphatic carbocycles. The lowest BCUT2D eigenvalue weighted by Gasteiger charge is -2.27. The van der Waals surface area contributed by atoms with Crippen molar-refractivity contribution in [3.05, 3.63) is 63.7 Å². The van der Waals surface area contributed by atoms with Gasteiger partial charge in [-0.05, 0) is 30.7 Å². The number of nitrogens with zero attached hydrogens (tertiary/aromatic N) is 2. The average Bonchev–Trinajstić information content (AvgIpc) is 3.14. The van der Waals surface area contributed by atoms with Crippen molar-refractivity contribution in [1.29, 1.82) is 0 Å². The van der Waals surface area contributed by atoms with Crippen LogP contribution in [0.3, 0.4) is 0 Å². The highest BCUT2D eigenvalue weighted by molar-refractivity contribution is 7.89. The van der Waals surface area contributed by atoms with Gasteiger partial charge in [-0.15, -0.1) is 0 Å². The zero-order valence-corrected chi connectivity index (χ0v) is 20.7. The van der Waals surface area contributed by atoms with E-state index in [4.69, 9.17) is 4.74 Å². The lowest BCUT2D eigenvalue weighted by atomic mass is 10.0. The van der Waals surface area contributed by atoms with Gasteiger partial charge in [-0.2, -0.15) is 0 Å². The van der Waals surface area contributed by atoms with Crippen molar-refractivity contribution < 1.29 is 37.3 Å². The maximum atomic E-state index is 13.1. The first-order chi connectivity index (χ1) is 18.1. The van der Waals surface area contributed by atoms with E-state index >= 15 is 0 Å². The number of hydrogen-bond donors (Lipinski definition) is 3. The second-order valence-corrected chi connectivity index (χ2v) is 10.1. The van der Waals surface area contributed by atoms with E-state index in [-0.39, 0.29) is 60.9 Å². The number of rotatable bonds is 11. The molecule has 0 spiro atoms. The normalized spacial score (nSPS) is 17.4. The number of benzene rings is 2. The van der Waals surface area contributed by atoms with E-state index in [1.807, 2.05) is 0 Å². The van der Waals surface area contributed by atoms with Gasteiger partial charge in [0.25, 0.3) is 17.5 Å². The van der Waals surface area contributed by atoms with Crippen LogP contribution in [-0.4, -0.2) is 74.2 Å². The minimum atomic E-state index is -3.87. The summed E-state index contributed by atoms with van der Waals surface area (Å²) >= 11 is 0. The SMILES string of the molecule is O=C1CCC(N2C(=O)c3cccc(NCCOCCNS(=O)(=O)c4ccc([N+](=O)[O-])cc4)c3C2=O)C(=O)N1. The monoisotopic (exact) mass is 545 g/mol. The first kappa shape index (κ1) is 26.8. The van der Waals surface area contributed by atoms with Crippen LogP contribution in [0.1, 0.15) is 33.6 Å². The minimum absolute atomic E-state index is 0.0241. The van der Waals surface area contributed by atoms with Crippen molar-refractivity contribution >= 4 is 45.0 Å². The van der Waals surface area contributed by atoms with Crippen molar-refractivity contribution in [2.45, 2.75) is 23.8 Å². The van der Waals surface area contributed by atoms with Crippen LogP contribution in [0, 0.1) is 10.1 Å². The zero-order chi connectivity index (χ0) is 27.4. The maximum absolute atomic E-state index is 13.1. The zero-order valence-electron chi connectivity index (χ0n) is 19.8. The molecular formula is C23H23N5O9S. The van der Waals surface area contributed by atoms with Gasteiger partial charge >= 0.3 is 0 Å². The molecule has 0 saturated carbocycles. The van der Waals surface area contributed by atoms with Crippen LogP contribution in [0.25, 0.3) is 0 Å². The molecule has 15 heteroatoms. The predicted molar refractivity (Wildman–Crippen MR) is 131 cm³/mol. The number of piperidine rings is 1. The molecule has 2 heterocycles. The third kappa shape index (κ3) is 5.53. The van der Waals surface area contributed by atoms with Crippen LogP contribution in [0.15, 0.2) is 47.4 Å². The first-order valence-electron chi connectivity index (χ1n) is 11.5. The maximum Gasteiger partial charge on any atom is 0.269 e. The lowest BCUT2D eigenvalue weighted by molar-refractivity contribution is -0.384. The van der Waals surface area contributed by atoms with Crippen molar-refractivity contribution in [3.8, 4) is 0 Å². The Bertz CT molecular complexity index is 1410. The van der Waals surface area contributed by atoms with E-state index in [2.05, 4.69) is 15.4 Å². The van der Waals surface area contributed by atoms with Gasteiger partial charge in [0.05, 0.1) is 34.2 Å². The second-order valence-electron chi connectivity index (χ2n) is 8.36. The number of hydrogen-bond acceptors (Lipinski definition) is 10. The Kier molecular flexibility index (Phi) is 7.80. The average molecular weight is 546 g/mol. The summed E-state index contributed by atoms with van der Waals surface area (Å²) in [5.41, 5.74) is 0.418. The molecule has 0 aromatic heterocycles. The van der Waals surface area contributed by atoms with Crippen LogP contribution in [0.5, 0.6) is 0 Å². The Labute approximate surface area is 216 Å². The van der Waals surface area contributed by atoms with Gasteiger partial charge in [0.15, 0.2) is 0 Å². The molecule has 4 rings (SSSR count). The van der Waals surface area contributed by atoms with E-state index in [0.717, 1.165) is 29.2 Å². The van der Waals surface area contributed by atoms with Crippen molar-refractivity contribution in [2.75, 3.05) is 31.6 Å². The molecule has 2 aromatic carbocycles. The molecule has 4 amide bonds. The highest BCUT2D eigenvalue weighted by Gasteiger charge is 2.45. The smallest absolute Gasteiger partial charge is 0.269 e. The fraction of sp³-hybridized carbons (Fsp3) is 0.304. The molecular weight excluding hydrogens is 522 g/mol. The molecule has 14 nitrogen and oxygen atoms in total. The molecule has 3 N–H and O–H groups in total. The van der Waals surface area contributed by atoms with Crippen LogP contribution >= 0.6 is 0 Å².